The van der Waals surface area contributed by atoms with Gasteiger partial charge in [0.2, 0.25) is 0 Å². The lowest BCUT2D eigenvalue weighted by Gasteiger charge is -2.39. The minimum absolute atomic E-state index is 0.0741. The molecular weight excluding hydrogens is 865 g/mol. The molecule has 2 amide bonds. The van der Waals surface area contributed by atoms with Crippen molar-refractivity contribution in [3.63, 3.8) is 0 Å². The summed E-state index contributed by atoms with van der Waals surface area (Å²) in [6.07, 6.45) is 16.0. The van der Waals surface area contributed by atoms with Gasteiger partial charge < -0.3 is 30.7 Å². The molecule has 0 bridgehead atoms. The van der Waals surface area contributed by atoms with Crippen LogP contribution in [0.25, 0.3) is 22.1 Å². The Bertz CT molecular complexity index is 2670. The summed E-state index contributed by atoms with van der Waals surface area (Å²) in [5, 5.41) is 24.7. The number of carbonyl (C=O) groups is 2. The van der Waals surface area contributed by atoms with Crippen LogP contribution in [0.5, 0.6) is 0 Å². The van der Waals surface area contributed by atoms with Crippen molar-refractivity contribution in [2.45, 2.75) is 161 Å². The largest absolute Gasteiger partial charge is 0.381 e. The van der Waals surface area contributed by atoms with Gasteiger partial charge in [-0.1, -0.05) is 102 Å². The maximum Gasteiger partial charge on any atom is 0.255 e. The maximum absolute atomic E-state index is 14.1. The molecule has 1 atom stereocenters. The molecule has 4 N–H and O–H groups in total. The first-order valence-corrected chi connectivity index (χ1v) is 25.5. The molecule has 0 radical (unpaired) electrons. The highest BCUT2D eigenvalue weighted by Crippen LogP contribution is 2.39. The van der Waals surface area contributed by atoms with Crippen molar-refractivity contribution in [1.29, 1.82) is 0 Å². The highest BCUT2D eigenvalue weighted by atomic mass is 16.5. The second-order valence-corrected chi connectivity index (χ2v) is 20.5. The van der Waals surface area contributed by atoms with Crippen molar-refractivity contribution in [1.82, 2.24) is 40.2 Å². The molecule has 1 unspecified atom stereocenters. The highest BCUT2D eigenvalue weighted by Gasteiger charge is 2.37. The van der Waals surface area contributed by atoms with Gasteiger partial charge in [-0.05, 0) is 92.9 Å². The third-order valence-electron chi connectivity index (χ3n) is 14.4. The van der Waals surface area contributed by atoms with E-state index in [1.54, 1.807) is 18.6 Å². The quantitative estimate of drug-likeness (QED) is 0.0877. The number of hydrogen-bond donors (Lipinski definition) is 4. The number of rotatable bonds is 13. The summed E-state index contributed by atoms with van der Waals surface area (Å²) in [4.78, 5) is 36.7. The van der Waals surface area contributed by atoms with Gasteiger partial charge in [-0.3, -0.25) is 9.59 Å². The molecule has 6 heterocycles. The lowest BCUT2D eigenvalue weighted by molar-refractivity contribution is 0.0864. The van der Waals surface area contributed by atoms with E-state index in [0.717, 1.165) is 130 Å². The minimum Gasteiger partial charge on any atom is -0.381 e. The van der Waals surface area contributed by atoms with Gasteiger partial charge in [0, 0.05) is 64.0 Å². The molecule has 9 rings (SSSR count). The second-order valence-electron chi connectivity index (χ2n) is 20.5. The Balaban J connectivity index is 0.000000188. The smallest absolute Gasteiger partial charge is 0.255 e. The summed E-state index contributed by atoms with van der Waals surface area (Å²) >= 11 is 0. The number of nitrogens with zero attached hydrogens (tertiary/aromatic N) is 6. The summed E-state index contributed by atoms with van der Waals surface area (Å²) in [6.45, 7) is 21.5. The fourth-order valence-corrected chi connectivity index (χ4v) is 10.0. The molecule has 368 valence electrons. The fraction of sp³-hybridized carbons (Fsp3) is 0.527. The first-order valence-electron chi connectivity index (χ1n) is 25.5. The number of benzene rings is 2. The molecule has 69 heavy (non-hydrogen) atoms. The zero-order valence-corrected chi connectivity index (χ0v) is 42.2. The van der Waals surface area contributed by atoms with E-state index in [1.807, 2.05) is 29.4 Å². The SMILES string of the molecule is CCn1ncc2c(NC3CCOCC3)c(C(=O)NC(C)c3ccc(C(C)C)cc3)cnc21.CCn1ncc2c(NC3CCOCC3)c(C(=O)NC3(c4ccc(C(C)(C)C)cc4)CCCCC3)cnc21. The molecule has 0 spiro atoms. The summed E-state index contributed by atoms with van der Waals surface area (Å²) in [6, 6.07) is 17.7. The van der Waals surface area contributed by atoms with E-state index in [0.29, 0.717) is 17.0 Å². The van der Waals surface area contributed by atoms with Crippen LogP contribution in [0.4, 0.5) is 11.4 Å². The average molecular weight is 939 g/mol. The van der Waals surface area contributed by atoms with Crippen LogP contribution in [-0.2, 0) is 33.5 Å². The lowest BCUT2D eigenvalue weighted by atomic mass is 9.75. The Morgan fingerprint density at radius 3 is 1.61 bits per heavy atom. The number of carbonyl (C=O) groups excluding carboxylic acids is 2. The van der Waals surface area contributed by atoms with E-state index in [9.17, 15) is 9.59 Å². The van der Waals surface area contributed by atoms with E-state index in [4.69, 9.17) is 9.47 Å². The summed E-state index contributed by atoms with van der Waals surface area (Å²) in [5.74, 6) is 0.267. The molecule has 3 aliphatic rings. The van der Waals surface area contributed by atoms with Crippen molar-refractivity contribution >= 4 is 45.3 Å². The Morgan fingerprint density at radius 2 is 1.14 bits per heavy atom. The fourth-order valence-electron chi connectivity index (χ4n) is 10.0. The topological polar surface area (TPSA) is 162 Å². The first-order chi connectivity index (χ1) is 33.3. The van der Waals surface area contributed by atoms with Gasteiger partial charge in [0.1, 0.15) is 0 Å². The van der Waals surface area contributed by atoms with Gasteiger partial charge >= 0.3 is 0 Å². The zero-order chi connectivity index (χ0) is 48.7. The van der Waals surface area contributed by atoms with Gasteiger partial charge in [0.25, 0.3) is 11.8 Å². The van der Waals surface area contributed by atoms with Crippen LogP contribution >= 0.6 is 0 Å². The number of pyridine rings is 2. The number of aryl methyl sites for hydroxylation is 2. The van der Waals surface area contributed by atoms with E-state index < -0.39 is 0 Å². The van der Waals surface area contributed by atoms with Crippen LogP contribution in [0.15, 0.2) is 73.3 Å². The first kappa shape index (κ1) is 49.6. The van der Waals surface area contributed by atoms with E-state index >= 15 is 0 Å². The van der Waals surface area contributed by atoms with Gasteiger partial charge in [0.05, 0.1) is 57.2 Å². The van der Waals surface area contributed by atoms with E-state index in [2.05, 4.69) is 132 Å². The van der Waals surface area contributed by atoms with Crippen molar-refractivity contribution < 1.29 is 19.1 Å². The molecule has 1 saturated carbocycles. The molecule has 1 aliphatic carbocycles. The Morgan fingerprint density at radius 1 is 0.667 bits per heavy atom. The summed E-state index contributed by atoms with van der Waals surface area (Å²) in [5.41, 5.74) is 8.96. The number of hydrogen-bond acceptors (Lipinski definition) is 10. The standard InChI is InChI=1S/C30H41N5O2.C25H33N5O2/c1-5-35-27-24(20-32-35)26(33-23-13-17-37-18-14-23)25(19-31-27)28(36)34-30(15-7-6-8-16-30)22-11-9-21(10-12-22)29(2,3)4;1-5-30-24-21(15-27-30)23(29-20-10-12-32-13-11-20)22(14-26-24)25(31)28-17(4)19-8-6-18(7-9-19)16(2)3/h9-12,19-20,23H,5-8,13-18H2,1-4H3,(H,31,33)(H,34,36);6-9,14-17,20H,5,10-13H2,1-4H3,(H,26,29)(H,28,31). The maximum atomic E-state index is 14.1. The Hall–Kier alpha value is -5.86. The van der Waals surface area contributed by atoms with Crippen LogP contribution in [0.1, 0.15) is 168 Å². The van der Waals surface area contributed by atoms with E-state index in [-0.39, 0.29) is 40.9 Å². The number of anilines is 2. The molecule has 2 saturated heterocycles. The van der Waals surface area contributed by atoms with Crippen molar-refractivity contribution in [2.75, 3.05) is 37.1 Å². The number of amides is 2. The number of fused-ring (bicyclic) bond motifs is 2. The van der Waals surface area contributed by atoms with E-state index in [1.165, 1.54) is 23.1 Å². The molecule has 4 aromatic heterocycles. The van der Waals surface area contributed by atoms with Crippen LogP contribution in [0.2, 0.25) is 0 Å². The lowest BCUT2D eigenvalue weighted by Crippen LogP contribution is -2.47. The van der Waals surface area contributed by atoms with Crippen molar-refractivity contribution in [2.24, 2.45) is 0 Å². The van der Waals surface area contributed by atoms with Crippen LogP contribution in [0.3, 0.4) is 0 Å². The summed E-state index contributed by atoms with van der Waals surface area (Å²) in [7, 11) is 0. The number of ether oxygens (including phenoxy) is 2. The monoisotopic (exact) mass is 939 g/mol. The minimum atomic E-state index is -0.371. The van der Waals surface area contributed by atoms with Gasteiger partial charge in [-0.15, -0.1) is 0 Å². The molecule has 2 aromatic carbocycles. The molecule has 6 aromatic rings. The average Bonchev–Trinajstić information content (AvgIpc) is 4.00. The Kier molecular flexibility index (Phi) is 15.7. The highest BCUT2D eigenvalue weighted by molar-refractivity contribution is 6.07. The number of nitrogens with one attached hydrogen (secondary N) is 4. The predicted molar refractivity (Wildman–Crippen MR) is 275 cm³/mol. The molecule has 3 fully saturated rings. The zero-order valence-electron chi connectivity index (χ0n) is 42.2. The number of aromatic nitrogens is 6. The third kappa shape index (κ3) is 11.3. The van der Waals surface area contributed by atoms with Crippen LogP contribution in [0, 0.1) is 0 Å². The Labute approximate surface area is 408 Å². The normalized spacial score (nSPS) is 17.3. The molecule has 14 heteroatoms. The summed E-state index contributed by atoms with van der Waals surface area (Å²) < 4.78 is 14.8. The van der Waals surface area contributed by atoms with Gasteiger partial charge in [0.15, 0.2) is 11.3 Å². The van der Waals surface area contributed by atoms with Crippen molar-refractivity contribution in [3.8, 4) is 0 Å². The second kappa shape index (κ2) is 21.8. The van der Waals surface area contributed by atoms with Gasteiger partial charge in [-0.2, -0.15) is 10.2 Å². The predicted octanol–water partition coefficient (Wildman–Crippen LogP) is 10.6. The van der Waals surface area contributed by atoms with Gasteiger partial charge in [-0.25, -0.2) is 19.3 Å². The van der Waals surface area contributed by atoms with Crippen LogP contribution in [-0.4, -0.2) is 79.9 Å². The molecule has 2 aliphatic heterocycles. The van der Waals surface area contributed by atoms with Crippen molar-refractivity contribution in [3.05, 3.63) is 107 Å². The molecule has 14 nitrogen and oxygen atoms in total. The van der Waals surface area contributed by atoms with Crippen LogP contribution < -0.4 is 21.3 Å². The molecular formula is C55H74N10O4. The third-order valence-corrected chi connectivity index (χ3v) is 14.4.